The maximum absolute atomic E-state index is 12.7. The van der Waals surface area contributed by atoms with Crippen LogP contribution < -0.4 is 5.73 Å². The minimum atomic E-state index is -0.259. The number of benzene rings is 1. The van der Waals surface area contributed by atoms with Crippen LogP contribution in [0.3, 0.4) is 0 Å². The smallest absolute Gasteiger partial charge is 0.221 e. The van der Waals surface area contributed by atoms with Crippen molar-refractivity contribution < 1.29 is 4.39 Å². The summed E-state index contributed by atoms with van der Waals surface area (Å²) in [7, 11) is 0. The molecule has 82 valence electrons. The first kappa shape index (κ1) is 11.3. The number of nitrogens with two attached hydrogens (primary N) is 1. The number of hydrogen-bond donors (Lipinski definition) is 1. The molecule has 0 saturated heterocycles. The van der Waals surface area contributed by atoms with Crippen LogP contribution >= 0.6 is 27.7 Å². The van der Waals surface area contributed by atoms with Gasteiger partial charge >= 0.3 is 0 Å². The van der Waals surface area contributed by atoms with Crippen molar-refractivity contribution in [2.75, 3.05) is 5.73 Å². The lowest BCUT2D eigenvalue weighted by atomic mass is 10.4. The van der Waals surface area contributed by atoms with Crippen LogP contribution in [0.4, 0.5) is 10.3 Å². The molecule has 0 aliphatic rings. The monoisotopic (exact) mass is 299 g/mol. The molecule has 0 unspecified atom stereocenters. The zero-order chi connectivity index (χ0) is 11.5. The molecule has 0 fully saturated rings. The molecule has 2 rings (SSSR count). The average Bonchev–Trinajstić information content (AvgIpc) is 2.27. The molecule has 2 N–H and O–H groups in total. The minimum absolute atomic E-state index is 0.216. The number of hydrogen-bond acceptors (Lipinski definition) is 4. The van der Waals surface area contributed by atoms with Gasteiger partial charge in [-0.25, -0.2) is 14.4 Å². The Bertz CT molecular complexity index is 504. The number of aromatic nitrogens is 2. The largest absolute Gasteiger partial charge is 0.368 e. The van der Waals surface area contributed by atoms with E-state index in [1.54, 1.807) is 18.3 Å². The van der Waals surface area contributed by atoms with Crippen molar-refractivity contribution in [1.82, 2.24) is 9.97 Å². The van der Waals surface area contributed by atoms with E-state index in [0.717, 1.165) is 9.37 Å². The second kappa shape index (κ2) is 4.80. The maximum Gasteiger partial charge on any atom is 0.221 e. The Balaban J connectivity index is 2.26. The van der Waals surface area contributed by atoms with Gasteiger partial charge in [0.1, 0.15) is 10.8 Å². The van der Waals surface area contributed by atoms with Crippen LogP contribution in [0.5, 0.6) is 0 Å². The summed E-state index contributed by atoms with van der Waals surface area (Å²) < 4.78 is 13.5. The quantitative estimate of drug-likeness (QED) is 0.866. The van der Waals surface area contributed by atoms with Crippen LogP contribution in [-0.4, -0.2) is 9.97 Å². The van der Waals surface area contributed by atoms with Crippen molar-refractivity contribution in [3.8, 4) is 0 Å². The molecule has 0 aliphatic carbocycles. The fourth-order valence-electron chi connectivity index (χ4n) is 1.05. The van der Waals surface area contributed by atoms with Gasteiger partial charge in [-0.3, -0.25) is 0 Å². The van der Waals surface area contributed by atoms with Crippen LogP contribution in [0.25, 0.3) is 0 Å². The highest BCUT2D eigenvalue weighted by Gasteiger charge is 2.05. The number of halogens is 2. The van der Waals surface area contributed by atoms with Gasteiger partial charge in [-0.2, -0.15) is 0 Å². The Hall–Kier alpha value is -1.14. The van der Waals surface area contributed by atoms with Gasteiger partial charge in [0.25, 0.3) is 0 Å². The molecule has 3 nitrogen and oxygen atoms in total. The van der Waals surface area contributed by atoms with Crippen LogP contribution in [0.15, 0.2) is 44.9 Å². The molecule has 1 heterocycles. The molecule has 0 bridgehead atoms. The molecule has 6 heteroatoms. The van der Waals surface area contributed by atoms with E-state index in [0.29, 0.717) is 5.03 Å². The van der Waals surface area contributed by atoms with Crippen LogP contribution in [0.2, 0.25) is 0 Å². The van der Waals surface area contributed by atoms with Crippen molar-refractivity contribution in [2.24, 2.45) is 0 Å². The predicted molar refractivity (Wildman–Crippen MR) is 64.7 cm³/mol. The topological polar surface area (TPSA) is 51.8 Å². The molecule has 0 amide bonds. The summed E-state index contributed by atoms with van der Waals surface area (Å²) in [6.45, 7) is 0. The van der Waals surface area contributed by atoms with Crippen LogP contribution in [0.1, 0.15) is 0 Å². The predicted octanol–water partition coefficient (Wildman–Crippen LogP) is 3.11. The number of anilines is 1. The van der Waals surface area contributed by atoms with Crippen molar-refractivity contribution in [2.45, 2.75) is 9.92 Å². The molecule has 0 aliphatic heterocycles. The zero-order valence-corrected chi connectivity index (χ0v) is 10.4. The Kier molecular flexibility index (Phi) is 3.40. The third kappa shape index (κ3) is 2.70. The molecule has 1 aromatic carbocycles. The van der Waals surface area contributed by atoms with Crippen molar-refractivity contribution in [3.63, 3.8) is 0 Å². The molecule has 16 heavy (non-hydrogen) atoms. The highest BCUT2D eigenvalue weighted by molar-refractivity contribution is 9.10. The Morgan fingerprint density at radius 3 is 2.62 bits per heavy atom. The molecular weight excluding hydrogens is 293 g/mol. The summed E-state index contributed by atoms with van der Waals surface area (Å²) in [6, 6.07) is 6.18. The summed E-state index contributed by atoms with van der Waals surface area (Å²) in [6.07, 6.45) is 1.59. The van der Waals surface area contributed by atoms with Crippen molar-refractivity contribution in [1.29, 1.82) is 0 Å². The van der Waals surface area contributed by atoms with Crippen molar-refractivity contribution in [3.05, 3.63) is 40.8 Å². The standard InChI is InChI=1S/C10H7BrFN3S/c11-8-5-14-10(13)15-9(8)16-7-3-1-6(12)2-4-7/h1-5H,(H2,13,14,15). The Morgan fingerprint density at radius 2 is 1.94 bits per heavy atom. The summed E-state index contributed by atoms with van der Waals surface area (Å²) >= 11 is 4.72. The van der Waals surface area contributed by atoms with E-state index in [2.05, 4.69) is 25.9 Å². The summed E-state index contributed by atoms with van der Waals surface area (Å²) in [5.41, 5.74) is 5.49. The van der Waals surface area contributed by atoms with E-state index < -0.39 is 0 Å². The van der Waals surface area contributed by atoms with E-state index in [-0.39, 0.29) is 11.8 Å². The molecule has 0 spiro atoms. The van der Waals surface area contributed by atoms with Crippen LogP contribution in [-0.2, 0) is 0 Å². The van der Waals surface area contributed by atoms with Gasteiger partial charge in [0.15, 0.2) is 0 Å². The lowest BCUT2D eigenvalue weighted by Gasteiger charge is -2.03. The summed E-state index contributed by atoms with van der Waals surface area (Å²) in [4.78, 5) is 8.81. The lowest BCUT2D eigenvalue weighted by molar-refractivity contribution is 0.626. The van der Waals surface area contributed by atoms with Gasteiger partial charge in [0.2, 0.25) is 5.95 Å². The first-order valence-electron chi connectivity index (χ1n) is 4.36. The summed E-state index contributed by atoms with van der Waals surface area (Å²) in [5.74, 6) is -0.0431. The first-order chi connectivity index (χ1) is 7.65. The Morgan fingerprint density at radius 1 is 1.25 bits per heavy atom. The fourth-order valence-corrected chi connectivity index (χ4v) is 2.27. The number of nitrogen functional groups attached to an aromatic ring is 1. The zero-order valence-electron chi connectivity index (χ0n) is 8.02. The maximum atomic E-state index is 12.7. The van der Waals surface area contributed by atoms with E-state index in [4.69, 9.17) is 5.73 Å². The SMILES string of the molecule is Nc1ncc(Br)c(Sc2ccc(F)cc2)n1. The Labute approximate surface area is 104 Å². The molecule has 0 saturated carbocycles. The second-order valence-electron chi connectivity index (χ2n) is 2.94. The normalized spacial score (nSPS) is 10.4. The highest BCUT2D eigenvalue weighted by atomic mass is 79.9. The van der Waals surface area contributed by atoms with E-state index in [9.17, 15) is 4.39 Å². The third-order valence-electron chi connectivity index (χ3n) is 1.76. The van der Waals surface area contributed by atoms with Crippen molar-refractivity contribution >= 4 is 33.6 Å². The number of nitrogens with zero attached hydrogens (tertiary/aromatic N) is 2. The van der Waals surface area contributed by atoms with Crippen LogP contribution in [0, 0.1) is 5.82 Å². The molecule has 0 atom stereocenters. The molecular formula is C10H7BrFN3S. The fraction of sp³-hybridized carbons (Fsp3) is 0. The van der Waals surface area contributed by atoms with Gasteiger partial charge in [-0.05, 0) is 40.2 Å². The second-order valence-corrected chi connectivity index (χ2v) is 4.85. The molecule has 1 aromatic heterocycles. The highest BCUT2D eigenvalue weighted by Crippen LogP contribution is 2.31. The lowest BCUT2D eigenvalue weighted by Crippen LogP contribution is -1.95. The molecule has 0 radical (unpaired) electrons. The first-order valence-corrected chi connectivity index (χ1v) is 5.97. The van der Waals surface area contributed by atoms with E-state index >= 15 is 0 Å². The number of rotatable bonds is 2. The van der Waals surface area contributed by atoms with E-state index in [1.165, 1.54) is 23.9 Å². The van der Waals surface area contributed by atoms with Gasteiger partial charge in [-0.15, -0.1) is 0 Å². The summed E-state index contributed by atoms with van der Waals surface area (Å²) in [5, 5.41) is 0.708. The third-order valence-corrected chi connectivity index (χ3v) is 3.61. The molecule has 2 aromatic rings. The van der Waals surface area contributed by atoms with Gasteiger partial charge in [-0.1, -0.05) is 11.8 Å². The van der Waals surface area contributed by atoms with E-state index in [1.807, 2.05) is 0 Å². The minimum Gasteiger partial charge on any atom is -0.368 e. The van der Waals surface area contributed by atoms with Gasteiger partial charge in [0.05, 0.1) is 4.47 Å². The van der Waals surface area contributed by atoms with Gasteiger partial charge in [0, 0.05) is 11.1 Å². The van der Waals surface area contributed by atoms with Gasteiger partial charge < -0.3 is 5.73 Å². The average molecular weight is 300 g/mol.